The van der Waals surface area contributed by atoms with Gasteiger partial charge in [0.15, 0.2) is 5.82 Å². The van der Waals surface area contributed by atoms with Crippen LogP contribution in [-0.2, 0) is 11.3 Å². The molecule has 26 heavy (non-hydrogen) atoms. The van der Waals surface area contributed by atoms with Crippen molar-refractivity contribution in [3.05, 3.63) is 48.3 Å². The van der Waals surface area contributed by atoms with Crippen molar-refractivity contribution in [3.63, 3.8) is 0 Å². The Morgan fingerprint density at radius 1 is 1.15 bits per heavy atom. The molecule has 0 unspecified atom stereocenters. The summed E-state index contributed by atoms with van der Waals surface area (Å²) in [6.45, 7) is 3.00. The van der Waals surface area contributed by atoms with Gasteiger partial charge in [-0.25, -0.2) is 14.4 Å². The van der Waals surface area contributed by atoms with Gasteiger partial charge in [0.25, 0.3) is 0 Å². The van der Waals surface area contributed by atoms with Crippen molar-refractivity contribution in [2.45, 2.75) is 32.2 Å². The first kappa shape index (κ1) is 16.9. The number of halogens is 1. The van der Waals surface area contributed by atoms with Crippen LogP contribution < -0.4 is 4.90 Å². The molecule has 4 rings (SSSR count). The Kier molecular flexibility index (Phi) is 4.53. The van der Waals surface area contributed by atoms with Gasteiger partial charge in [-0.3, -0.25) is 9.78 Å². The zero-order chi connectivity index (χ0) is 18.0. The Labute approximate surface area is 152 Å². The monoisotopic (exact) mass is 355 g/mol. The molecule has 0 N–H and O–H groups in total. The summed E-state index contributed by atoms with van der Waals surface area (Å²) in [6, 6.07) is 3.90. The fraction of sp³-hybridized carbons (Fsp3) is 0.474. The van der Waals surface area contributed by atoms with E-state index in [0.717, 1.165) is 44.5 Å². The summed E-state index contributed by atoms with van der Waals surface area (Å²) in [7, 11) is 0. The van der Waals surface area contributed by atoms with Gasteiger partial charge in [-0.2, -0.15) is 0 Å². The highest BCUT2D eigenvalue weighted by Gasteiger charge is 2.42. The summed E-state index contributed by atoms with van der Waals surface area (Å²) >= 11 is 0. The van der Waals surface area contributed by atoms with Crippen LogP contribution in [0.1, 0.15) is 31.2 Å². The molecule has 0 bridgehead atoms. The summed E-state index contributed by atoms with van der Waals surface area (Å²) < 4.78 is 13.1. The smallest absolute Gasteiger partial charge is 0.225 e. The van der Waals surface area contributed by atoms with E-state index in [0.29, 0.717) is 18.9 Å². The van der Waals surface area contributed by atoms with Gasteiger partial charge < -0.3 is 9.80 Å². The standard InChI is InChI=1S/C19H22FN5O/c20-16-10-22-18(23-11-16)24-8-2-5-19(13-24)6-4-17(26)25(14-19)12-15-3-1-7-21-9-15/h1,3,7,9-11H,2,4-6,8,12-14H2/t19-/m1/s1. The van der Waals surface area contributed by atoms with Crippen molar-refractivity contribution >= 4 is 11.9 Å². The van der Waals surface area contributed by atoms with Crippen molar-refractivity contribution in [2.24, 2.45) is 5.41 Å². The second kappa shape index (κ2) is 6.97. The maximum atomic E-state index is 13.1. The van der Waals surface area contributed by atoms with Gasteiger partial charge in [-0.15, -0.1) is 0 Å². The van der Waals surface area contributed by atoms with Crippen LogP contribution in [-0.4, -0.2) is 45.4 Å². The highest BCUT2D eigenvalue weighted by Crippen LogP contribution is 2.40. The molecule has 2 aliphatic heterocycles. The molecule has 2 fully saturated rings. The molecule has 0 aromatic carbocycles. The van der Waals surface area contributed by atoms with Crippen molar-refractivity contribution in [1.29, 1.82) is 0 Å². The van der Waals surface area contributed by atoms with Gasteiger partial charge in [-0.05, 0) is 30.9 Å². The largest absolute Gasteiger partial charge is 0.340 e. The number of anilines is 1. The molecule has 1 spiro atoms. The molecule has 2 aromatic rings. The lowest BCUT2D eigenvalue weighted by atomic mass is 9.73. The van der Waals surface area contributed by atoms with Gasteiger partial charge in [0.2, 0.25) is 11.9 Å². The SMILES string of the molecule is O=C1CC[C@@]2(CCCN(c3ncc(F)cn3)C2)CN1Cc1cccnc1. The number of hydrogen-bond acceptors (Lipinski definition) is 5. The maximum absolute atomic E-state index is 13.1. The molecule has 1 atom stereocenters. The zero-order valence-electron chi connectivity index (χ0n) is 14.6. The van der Waals surface area contributed by atoms with Crippen LogP contribution in [0.5, 0.6) is 0 Å². The minimum atomic E-state index is -0.425. The molecule has 0 aliphatic carbocycles. The van der Waals surface area contributed by atoms with E-state index >= 15 is 0 Å². The fourth-order valence-corrected chi connectivity index (χ4v) is 4.14. The van der Waals surface area contributed by atoms with Crippen LogP contribution in [0, 0.1) is 11.2 Å². The van der Waals surface area contributed by atoms with Crippen LogP contribution in [0.15, 0.2) is 36.9 Å². The van der Waals surface area contributed by atoms with E-state index in [1.165, 1.54) is 12.4 Å². The lowest BCUT2D eigenvalue weighted by molar-refractivity contribution is -0.138. The second-order valence-electron chi connectivity index (χ2n) is 7.34. The minimum Gasteiger partial charge on any atom is -0.340 e. The first-order valence-corrected chi connectivity index (χ1v) is 9.03. The first-order valence-electron chi connectivity index (χ1n) is 9.03. The molecule has 2 aromatic heterocycles. The van der Waals surface area contributed by atoms with Gasteiger partial charge in [0.05, 0.1) is 12.4 Å². The van der Waals surface area contributed by atoms with E-state index < -0.39 is 5.82 Å². The van der Waals surface area contributed by atoms with Gasteiger partial charge in [0, 0.05) is 50.4 Å². The lowest BCUT2D eigenvalue weighted by Crippen LogP contribution is -2.54. The number of carbonyl (C=O) groups is 1. The molecule has 0 radical (unpaired) electrons. The number of piperidine rings is 2. The molecule has 2 aliphatic rings. The Morgan fingerprint density at radius 3 is 2.77 bits per heavy atom. The van der Waals surface area contributed by atoms with E-state index in [4.69, 9.17) is 0 Å². The van der Waals surface area contributed by atoms with E-state index in [1.54, 1.807) is 6.20 Å². The Hall–Kier alpha value is -2.57. The summed E-state index contributed by atoms with van der Waals surface area (Å²) in [5.74, 6) is 0.349. The summed E-state index contributed by atoms with van der Waals surface area (Å²) in [6.07, 6.45) is 9.53. The molecule has 7 heteroatoms. The number of carbonyl (C=O) groups excluding carboxylic acids is 1. The van der Waals surface area contributed by atoms with Crippen LogP contribution in [0.25, 0.3) is 0 Å². The fourth-order valence-electron chi connectivity index (χ4n) is 4.14. The van der Waals surface area contributed by atoms with Gasteiger partial charge >= 0.3 is 0 Å². The van der Waals surface area contributed by atoms with Crippen LogP contribution in [0.2, 0.25) is 0 Å². The molecule has 136 valence electrons. The van der Waals surface area contributed by atoms with Crippen molar-refractivity contribution in [2.75, 3.05) is 24.5 Å². The number of likely N-dealkylation sites (tertiary alicyclic amines) is 1. The predicted molar refractivity (Wildman–Crippen MR) is 94.8 cm³/mol. The number of nitrogens with zero attached hydrogens (tertiary/aromatic N) is 5. The number of pyridine rings is 1. The Morgan fingerprint density at radius 2 is 2.00 bits per heavy atom. The third-order valence-corrected chi connectivity index (χ3v) is 5.40. The minimum absolute atomic E-state index is 0.0477. The van der Waals surface area contributed by atoms with Crippen molar-refractivity contribution in [1.82, 2.24) is 19.9 Å². The van der Waals surface area contributed by atoms with Gasteiger partial charge in [0.1, 0.15) is 0 Å². The normalized spacial score (nSPS) is 23.5. The van der Waals surface area contributed by atoms with Crippen LogP contribution in [0.3, 0.4) is 0 Å². The van der Waals surface area contributed by atoms with E-state index in [9.17, 15) is 9.18 Å². The molecule has 1 amide bonds. The van der Waals surface area contributed by atoms with E-state index in [1.807, 2.05) is 23.2 Å². The van der Waals surface area contributed by atoms with Crippen LogP contribution in [0.4, 0.5) is 10.3 Å². The summed E-state index contributed by atoms with van der Waals surface area (Å²) in [5.41, 5.74) is 1.10. The molecule has 4 heterocycles. The third-order valence-electron chi connectivity index (χ3n) is 5.40. The summed E-state index contributed by atoms with van der Waals surface area (Å²) in [4.78, 5) is 28.9. The maximum Gasteiger partial charge on any atom is 0.225 e. The topological polar surface area (TPSA) is 62.2 Å². The number of amides is 1. The molecule has 0 saturated carbocycles. The van der Waals surface area contributed by atoms with E-state index in [-0.39, 0.29) is 11.3 Å². The van der Waals surface area contributed by atoms with Crippen molar-refractivity contribution in [3.8, 4) is 0 Å². The van der Waals surface area contributed by atoms with Gasteiger partial charge in [-0.1, -0.05) is 6.07 Å². The molecular weight excluding hydrogens is 333 g/mol. The van der Waals surface area contributed by atoms with Crippen LogP contribution >= 0.6 is 0 Å². The third kappa shape index (κ3) is 3.52. The highest BCUT2D eigenvalue weighted by molar-refractivity contribution is 5.77. The predicted octanol–water partition coefficient (Wildman–Crippen LogP) is 2.42. The molecular formula is C19H22FN5O. The van der Waals surface area contributed by atoms with E-state index in [2.05, 4.69) is 19.9 Å². The average molecular weight is 355 g/mol. The zero-order valence-corrected chi connectivity index (χ0v) is 14.6. The van der Waals surface area contributed by atoms with Crippen molar-refractivity contribution < 1.29 is 9.18 Å². The molecule has 2 saturated heterocycles. The summed E-state index contributed by atoms with van der Waals surface area (Å²) in [5, 5.41) is 0. The Bertz CT molecular complexity index is 769. The number of rotatable bonds is 3. The quantitative estimate of drug-likeness (QED) is 0.846. The average Bonchev–Trinajstić information content (AvgIpc) is 2.67. The second-order valence-corrected chi connectivity index (χ2v) is 7.34. The highest BCUT2D eigenvalue weighted by atomic mass is 19.1. The first-order chi connectivity index (χ1) is 12.6. The number of hydrogen-bond donors (Lipinski definition) is 0. The number of aromatic nitrogens is 3. The lowest BCUT2D eigenvalue weighted by Gasteiger charge is -2.48. The Balaban J connectivity index is 1.49. The molecule has 6 nitrogen and oxygen atoms in total.